The number of rotatable bonds is 7. The van der Waals surface area contributed by atoms with Crippen LogP contribution in [0.15, 0.2) is 64.8 Å². The minimum absolute atomic E-state index is 0.0186. The van der Waals surface area contributed by atoms with E-state index in [9.17, 15) is 4.79 Å². The van der Waals surface area contributed by atoms with Gasteiger partial charge in [-0.25, -0.2) is 0 Å². The number of nitrogens with zero attached hydrogens (tertiary/aromatic N) is 1. The Morgan fingerprint density at radius 3 is 2.68 bits per heavy atom. The number of methoxy groups -OCH3 is 1. The third kappa shape index (κ3) is 5.98. The first-order valence-corrected chi connectivity index (χ1v) is 8.45. The van der Waals surface area contributed by atoms with Crippen molar-refractivity contribution >= 4 is 27.5 Å². The zero-order chi connectivity index (χ0) is 18.1. The van der Waals surface area contributed by atoms with E-state index in [-0.39, 0.29) is 5.57 Å². The van der Waals surface area contributed by atoms with Crippen LogP contribution in [0.25, 0.3) is 0 Å². The summed E-state index contributed by atoms with van der Waals surface area (Å²) >= 11 is 3.43. The Kier molecular flexibility index (Phi) is 7.05. The predicted octanol–water partition coefficient (Wildman–Crippen LogP) is 3.64. The molecule has 0 atom stereocenters. The van der Waals surface area contributed by atoms with E-state index in [2.05, 4.69) is 26.6 Å². The maximum atomic E-state index is 12.1. The summed E-state index contributed by atoms with van der Waals surface area (Å²) < 4.78 is 6.09. The van der Waals surface area contributed by atoms with Gasteiger partial charge in [-0.1, -0.05) is 28.1 Å². The zero-order valence-corrected chi connectivity index (χ0v) is 15.3. The average molecular weight is 400 g/mol. The third-order valence-electron chi connectivity index (χ3n) is 3.41. The topological polar surface area (TPSA) is 74.1 Å². The number of hydrogen-bond donors (Lipinski definition) is 2. The SMILES string of the molecule is COc1ccc(NC(=O)/C(C#N)=C\NCCc2cccc(Br)c2)cc1. The van der Waals surface area contributed by atoms with E-state index in [1.165, 1.54) is 6.20 Å². The molecule has 1 amide bonds. The van der Waals surface area contributed by atoms with Crippen molar-refractivity contribution in [1.29, 1.82) is 5.26 Å². The second-order valence-electron chi connectivity index (χ2n) is 5.19. The van der Waals surface area contributed by atoms with Crippen LogP contribution in [0.1, 0.15) is 5.56 Å². The van der Waals surface area contributed by atoms with Crippen LogP contribution >= 0.6 is 15.9 Å². The molecule has 0 radical (unpaired) electrons. The van der Waals surface area contributed by atoms with Gasteiger partial charge in [-0.2, -0.15) is 5.26 Å². The second-order valence-corrected chi connectivity index (χ2v) is 6.10. The number of amides is 1. The van der Waals surface area contributed by atoms with Crippen LogP contribution in [-0.2, 0) is 11.2 Å². The summed E-state index contributed by atoms with van der Waals surface area (Å²) in [7, 11) is 1.57. The molecule has 2 aromatic carbocycles. The van der Waals surface area contributed by atoms with Gasteiger partial charge in [0.25, 0.3) is 5.91 Å². The van der Waals surface area contributed by atoms with E-state index < -0.39 is 5.91 Å². The highest BCUT2D eigenvalue weighted by Gasteiger charge is 2.09. The molecule has 25 heavy (non-hydrogen) atoms. The molecule has 0 spiro atoms. The minimum Gasteiger partial charge on any atom is -0.497 e. The Morgan fingerprint density at radius 1 is 1.28 bits per heavy atom. The van der Waals surface area contributed by atoms with Crippen molar-refractivity contribution < 1.29 is 9.53 Å². The molecular weight excluding hydrogens is 382 g/mol. The maximum absolute atomic E-state index is 12.1. The van der Waals surface area contributed by atoms with Gasteiger partial charge in [0.1, 0.15) is 17.4 Å². The number of nitriles is 1. The molecule has 0 aromatic heterocycles. The number of hydrogen-bond acceptors (Lipinski definition) is 4. The standard InChI is InChI=1S/C19H18BrN3O2/c1-25-18-7-5-17(6-8-18)23-19(24)15(12-21)13-22-10-9-14-3-2-4-16(20)11-14/h2-8,11,13,22H,9-10H2,1H3,(H,23,24)/b15-13-. The molecular formula is C19H18BrN3O2. The summed E-state index contributed by atoms with van der Waals surface area (Å²) in [5, 5.41) is 14.9. The number of ether oxygens (including phenoxy) is 1. The van der Waals surface area contributed by atoms with Gasteiger partial charge in [-0.05, 0) is 48.4 Å². The Morgan fingerprint density at radius 2 is 2.04 bits per heavy atom. The fraction of sp³-hybridized carbons (Fsp3) is 0.158. The van der Waals surface area contributed by atoms with Gasteiger partial charge in [-0.15, -0.1) is 0 Å². The number of carbonyl (C=O) groups is 1. The molecule has 6 heteroatoms. The summed E-state index contributed by atoms with van der Waals surface area (Å²) in [5.41, 5.74) is 1.78. The molecule has 0 aliphatic heterocycles. The smallest absolute Gasteiger partial charge is 0.267 e. The van der Waals surface area contributed by atoms with Crippen molar-refractivity contribution in [3.8, 4) is 11.8 Å². The van der Waals surface area contributed by atoms with Gasteiger partial charge < -0.3 is 15.4 Å². The van der Waals surface area contributed by atoms with Gasteiger partial charge in [0.15, 0.2) is 0 Å². The Balaban J connectivity index is 1.87. The lowest BCUT2D eigenvalue weighted by molar-refractivity contribution is -0.112. The lowest BCUT2D eigenvalue weighted by atomic mass is 10.1. The van der Waals surface area contributed by atoms with Crippen molar-refractivity contribution in [3.05, 3.63) is 70.3 Å². The molecule has 0 heterocycles. The molecule has 0 unspecified atom stereocenters. The van der Waals surface area contributed by atoms with Crippen LogP contribution in [0, 0.1) is 11.3 Å². The van der Waals surface area contributed by atoms with Gasteiger partial charge >= 0.3 is 0 Å². The Bertz CT molecular complexity index is 795. The number of halogens is 1. The summed E-state index contributed by atoms with van der Waals surface area (Å²) in [5.74, 6) is 0.242. The molecule has 0 saturated carbocycles. The van der Waals surface area contributed by atoms with Crippen LogP contribution in [0.4, 0.5) is 5.69 Å². The summed E-state index contributed by atoms with van der Waals surface area (Å²) in [4.78, 5) is 12.1. The fourth-order valence-electron chi connectivity index (χ4n) is 2.10. The highest BCUT2D eigenvalue weighted by atomic mass is 79.9. The summed E-state index contributed by atoms with van der Waals surface area (Å²) in [6.45, 7) is 0.622. The fourth-order valence-corrected chi connectivity index (χ4v) is 2.55. The summed E-state index contributed by atoms with van der Waals surface area (Å²) in [6, 6.07) is 16.8. The monoisotopic (exact) mass is 399 g/mol. The van der Waals surface area contributed by atoms with Gasteiger partial charge in [0, 0.05) is 22.9 Å². The van der Waals surface area contributed by atoms with E-state index in [0.717, 1.165) is 16.5 Å². The van der Waals surface area contributed by atoms with E-state index in [1.54, 1.807) is 31.4 Å². The Hall–Kier alpha value is -2.78. The average Bonchev–Trinajstić information content (AvgIpc) is 2.62. The largest absolute Gasteiger partial charge is 0.497 e. The minimum atomic E-state index is -0.456. The molecule has 128 valence electrons. The summed E-state index contributed by atoms with van der Waals surface area (Å²) in [6.07, 6.45) is 2.23. The Labute approximate surface area is 155 Å². The first kappa shape index (κ1) is 18.6. The maximum Gasteiger partial charge on any atom is 0.267 e. The molecule has 0 fully saturated rings. The van der Waals surface area contributed by atoms with Crippen molar-refractivity contribution in [3.63, 3.8) is 0 Å². The van der Waals surface area contributed by atoms with Crippen molar-refractivity contribution in [2.75, 3.05) is 19.0 Å². The van der Waals surface area contributed by atoms with E-state index in [4.69, 9.17) is 10.00 Å². The van der Waals surface area contributed by atoms with E-state index in [0.29, 0.717) is 18.0 Å². The number of anilines is 1. The molecule has 0 aliphatic rings. The molecule has 5 nitrogen and oxygen atoms in total. The first-order valence-electron chi connectivity index (χ1n) is 7.66. The quantitative estimate of drug-likeness (QED) is 0.423. The van der Waals surface area contributed by atoms with Gasteiger partial charge in [0.2, 0.25) is 0 Å². The van der Waals surface area contributed by atoms with Crippen LogP contribution in [0.2, 0.25) is 0 Å². The van der Waals surface area contributed by atoms with Crippen LogP contribution in [-0.4, -0.2) is 19.6 Å². The van der Waals surface area contributed by atoms with Crippen molar-refractivity contribution in [2.45, 2.75) is 6.42 Å². The van der Waals surface area contributed by atoms with E-state index >= 15 is 0 Å². The lowest BCUT2D eigenvalue weighted by Crippen LogP contribution is -2.18. The number of nitrogens with one attached hydrogen (secondary N) is 2. The number of benzene rings is 2. The van der Waals surface area contributed by atoms with Crippen LogP contribution < -0.4 is 15.4 Å². The van der Waals surface area contributed by atoms with Crippen LogP contribution in [0.5, 0.6) is 5.75 Å². The van der Waals surface area contributed by atoms with Crippen LogP contribution in [0.3, 0.4) is 0 Å². The third-order valence-corrected chi connectivity index (χ3v) is 3.90. The molecule has 0 bridgehead atoms. The number of carbonyl (C=O) groups excluding carboxylic acids is 1. The highest BCUT2D eigenvalue weighted by molar-refractivity contribution is 9.10. The van der Waals surface area contributed by atoms with Crippen molar-refractivity contribution in [1.82, 2.24) is 5.32 Å². The zero-order valence-electron chi connectivity index (χ0n) is 13.8. The van der Waals surface area contributed by atoms with Crippen molar-refractivity contribution in [2.24, 2.45) is 0 Å². The molecule has 2 aromatic rings. The molecule has 2 rings (SSSR count). The second kappa shape index (κ2) is 9.50. The van der Waals surface area contributed by atoms with Gasteiger partial charge in [-0.3, -0.25) is 4.79 Å². The predicted molar refractivity (Wildman–Crippen MR) is 101 cm³/mol. The molecule has 0 aliphatic carbocycles. The first-order chi connectivity index (χ1) is 12.1. The lowest BCUT2D eigenvalue weighted by Gasteiger charge is -2.06. The highest BCUT2D eigenvalue weighted by Crippen LogP contribution is 2.15. The van der Waals surface area contributed by atoms with E-state index in [1.807, 2.05) is 30.3 Å². The normalized spacial score (nSPS) is 10.7. The molecule has 0 saturated heterocycles. The molecule has 2 N–H and O–H groups in total. The van der Waals surface area contributed by atoms with Gasteiger partial charge in [0.05, 0.1) is 7.11 Å².